The van der Waals surface area contributed by atoms with Gasteiger partial charge in [0.1, 0.15) is 11.6 Å². The van der Waals surface area contributed by atoms with Crippen molar-refractivity contribution in [1.29, 1.82) is 0 Å². The van der Waals surface area contributed by atoms with Gasteiger partial charge in [0.15, 0.2) is 0 Å². The average Bonchev–Trinajstić information content (AvgIpc) is 2.30. The summed E-state index contributed by atoms with van der Waals surface area (Å²) < 4.78 is 14.0. The lowest BCUT2D eigenvalue weighted by molar-refractivity contribution is -0.144. The summed E-state index contributed by atoms with van der Waals surface area (Å²) >= 11 is 0. The molecule has 0 aliphatic rings. The molecular formula is C12H21NO6. The van der Waals surface area contributed by atoms with Gasteiger partial charge in [-0.15, -0.1) is 0 Å². The highest BCUT2D eigenvalue weighted by molar-refractivity contribution is 5.82. The van der Waals surface area contributed by atoms with Gasteiger partial charge in [-0.25, -0.2) is 9.59 Å². The first-order valence-electron chi connectivity index (χ1n) is 5.83. The van der Waals surface area contributed by atoms with Crippen molar-refractivity contribution in [3.8, 4) is 0 Å². The van der Waals surface area contributed by atoms with Gasteiger partial charge < -0.3 is 19.5 Å². The summed E-state index contributed by atoms with van der Waals surface area (Å²) in [5.41, 5.74) is -0.674. The lowest BCUT2D eigenvalue weighted by Crippen LogP contribution is -2.44. The molecule has 19 heavy (non-hydrogen) atoms. The van der Waals surface area contributed by atoms with Crippen molar-refractivity contribution >= 4 is 18.0 Å². The van der Waals surface area contributed by atoms with Crippen LogP contribution in [-0.2, 0) is 23.8 Å². The summed E-state index contributed by atoms with van der Waals surface area (Å²) in [7, 11) is 2.45. The Balaban J connectivity index is 4.47. The van der Waals surface area contributed by atoms with Crippen LogP contribution in [0.5, 0.6) is 0 Å². The molecule has 1 amide bonds. The fraction of sp³-hybridized carbons (Fsp3) is 0.750. The highest BCUT2D eigenvalue weighted by Crippen LogP contribution is 2.08. The van der Waals surface area contributed by atoms with Gasteiger partial charge in [-0.3, -0.25) is 4.79 Å². The van der Waals surface area contributed by atoms with Crippen LogP contribution in [0.2, 0.25) is 0 Å². The van der Waals surface area contributed by atoms with E-state index in [1.165, 1.54) is 14.2 Å². The van der Waals surface area contributed by atoms with Crippen molar-refractivity contribution in [1.82, 2.24) is 5.32 Å². The molecule has 0 spiro atoms. The van der Waals surface area contributed by atoms with Gasteiger partial charge in [0.05, 0.1) is 14.2 Å². The summed E-state index contributed by atoms with van der Waals surface area (Å²) in [4.78, 5) is 34.0. The molecule has 0 aromatic rings. The molecule has 0 bridgehead atoms. The van der Waals surface area contributed by atoms with Gasteiger partial charge in [0.25, 0.3) is 0 Å². The predicted octanol–water partition coefficient (Wildman–Crippen LogP) is 1.01. The highest BCUT2D eigenvalue weighted by atomic mass is 16.6. The van der Waals surface area contributed by atoms with Crippen LogP contribution in [0.25, 0.3) is 0 Å². The zero-order valence-corrected chi connectivity index (χ0v) is 11.9. The summed E-state index contributed by atoms with van der Waals surface area (Å²) in [6.45, 7) is 5.11. The number of rotatable bonds is 5. The molecular weight excluding hydrogens is 254 g/mol. The Kier molecular flexibility index (Phi) is 6.89. The number of hydrogen-bond acceptors (Lipinski definition) is 6. The highest BCUT2D eigenvalue weighted by Gasteiger charge is 2.25. The molecule has 0 saturated carbocycles. The molecule has 0 aliphatic carbocycles. The van der Waals surface area contributed by atoms with Crippen LogP contribution < -0.4 is 5.32 Å². The maximum Gasteiger partial charge on any atom is 0.408 e. The van der Waals surface area contributed by atoms with Crippen molar-refractivity contribution in [2.24, 2.45) is 0 Å². The Bertz CT molecular complexity index is 334. The zero-order chi connectivity index (χ0) is 15.1. The number of ether oxygens (including phenoxy) is 3. The molecule has 0 aliphatic heterocycles. The van der Waals surface area contributed by atoms with Gasteiger partial charge in [-0.05, 0) is 27.2 Å². The maximum absolute atomic E-state index is 11.5. The van der Waals surface area contributed by atoms with Crippen molar-refractivity contribution in [2.75, 3.05) is 14.2 Å². The number of hydrogen-bond donors (Lipinski definition) is 1. The van der Waals surface area contributed by atoms with E-state index in [1.807, 2.05) is 0 Å². The second-order valence-electron chi connectivity index (χ2n) is 4.84. The number of amides is 1. The first kappa shape index (κ1) is 17.2. The standard InChI is InChI=1S/C12H21NO6/c1-12(2,3)19-11(16)13-8(10(15)18-5)6-7-9(14)17-4/h8H,6-7H2,1-5H3,(H,13,16). The number of carbonyl (C=O) groups excluding carboxylic acids is 3. The van der Waals surface area contributed by atoms with Crippen molar-refractivity contribution < 1.29 is 28.6 Å². The minimum absolute atomic E-state index is 0.00787. The van der Waals surface area contributed by atoms with E-state index in [1.54, 1.807) is 20.8 Å². The van der Waals surface area contributed by atoms with Crippen LogP contribution in [0.15, 0.2) is 0 Å². The fourth-order valence-electron chi connectivity index (χ4n) is 1.21. The van der Waals surface area contributed by atoms with Crippen molar-refractivity contribution in [2.45, 2.75) is 45.3 Å². The van der Waals surface area contributed by atoms with E-state index in [4.69, 9.17) is 4.74 Å². The zero-order valence-electron chi connectivity index (χ0n) is 11.9. The van der Waals surface area contributed by atoms with Crippen LogP contribution >= 0.6 is 0 Å². The van der Waals surface area contributed by atoms with Crippen LogP contribution in [0.4, 0.5) is 4.79 Å². The lowest BCUT2D eigenvalue weighted by Gasteiger charge is -2.22. The molecule has 1 atom stereocenters. The number of esters is 2. The van der Waals surface area contributed by atoms with E-state index < -0.39 is 29.7 Å². The summed E-state index contributed by atoms with van der Waals surface area (Å²) in [5, 5.41) is 2.36. The maximum atomic E-state index is 11.5. The quantitative estimate of drug-likeness (QED) is 0.594. The second kappa shape index (κ2) is 7.60. The molecule has 0 aromatic heterocycles. The van der Waals surface area contributed by atoms with Crippen LogP contribution in [-0.4, -0.2) is 43.9 Å². The fourth-order valence-corrected chi connectivity index (χ4v) is 1.21. The second-order valence-corrected chi connectivity index (χ2v) is 4.84. The van der Waals surface area contributed by atoms with E-state index in [2.05, 4.69) is 14.8 Å². The van der Waals surface area contributed by atoms with Crippen molar-refractivity contribution in [3.63, 3.8) is 0 Å². The van der Waals surface area contributed by atoms with Gasteiger partial charge in [-0.1, -0.05) is 0 Å². The third-order valence-electron chi connectivity index (χ3n) is 2.04. The Morgan fingerprint density at radius 1 is 1.11 bits per heavy atom. The normalized spacial score (nSPS) is 12.3. The molecule has 0 heterocycles. The number of carbonyl (C=O) groups is 3. The largest absolute Gasteiger partial charge is 0.469 e. The molecule has 1 unspecified atom stereocenters. The lowest BCUT2D eigenvalue weighted by atomic mass is 10.1. The molecule has 7 nitrogen and oxygen atoms in total. The topological polar surface area (TPSA) is 90.9 Å². The summed E-state index contributed by atoms with van der Waals surface area (Å²) in [5.74, 6) is -1.12. The van der Waals surface area contributed by atoms with Crippen LogP contribution in [0.1, 0.15) is 33.6 Å². The molecule has 0 rings (SSSR count). The smallest absolute Gasteiger partial charge is 0.408 e. The Morgan fingerprint density at radius 2 is 1.68 bits per heavy atom. The molecule has 0 saturated heterocycles. The summed E-state index contributed by atoms with van der Waals surface area (Å²) in [6, 6.07) is -0.945. The third kappa shape index (κ3) is 8.01. The van der Waals surface area contributed by atoms with E-state index >= 15 is 0 Å². The van der Waals surface area contributed by atoms with Crippen LogP contribution in [0, 0.1) is 0 Å². The Morgan fingerprint density at radius 3 is 2.11 bits per heavy atom. The van der Waals surface area contributed by atoms with Gasteiger partial charge >= 0.3 is 18.0 Å². The minimum Gasteiger partial charge on any atom is -0.469 e. The molecule has 0 radical (unpaired) electrons. The third-order valence-corrected chi connectivity index (χ3v) is 2.04. The van der Waals surface area contributed by atoms with Crippen LogP contribution in [0.3, 0.4) is 0 Å². The van der Waals surface area contributed by atoms with E-state index in [-0.39, 0.29) is 12.8 Å². The Labute approximate surface area is 112 Å². The molecule has 0 fully saturated rings. The molecule has 7 heteroatoms. The molecule has 1 N–H and O–H groups in total. The van der Waals surface area contributed by atoms with E-state index in [0.717, 1.165) is 0 Å². The number of alkyl carbamates (subject to hydrolysis) is 1. The van der Waals surface area contributed by atoms with Gasteiger partial charge in [0, 0.05) is 6.42 Å². The number of nitrogens with one attached hydrogen (secondary N) is 1. The van der Waals surface area contributed by atoms with E-state index in [0.29, 0.717) is 0 Å². The Hall–Kier alpha value is -1.79. The molecule has 110 valence electrons. The first-order chi connectivity index (χ1) is 8.69. The predicted molar refractivity (Wildman–Crippen MR) is 66.4 cm³/mol. The minimum atomic E-state index is -0.945. The SMILES string of the molecule is COC(=O)CCC(NC(=O)OC(C)(C)C)C(=O)OC. The average molecular weight is 275 g/mol. The number of methoxy groups -OCH3 is 2. The molecule has 0 aromatic carbocycles. The summed E-state index contributed by atoms with van der Waals surface area (Å²) in [6.07, 6.45) is -0.669. The first-order valence-corrected chi connectivity index (χ1v) is 5.83. The van der Waals surface area contributed by atoms with Gasteiger partial charge in [0.2, 0.25) is 0 Å². The van der Waals surface area contributed by atoms with Crippen molar-refractivity contribution in [3.05, 3.63) is 0 Å². The van der Waals surface area contributed by atoms with Gasteiger partial charge in [-0.2, -0.15) is 0 Å². The monoisotopic (exact) mass is 275 g/mol. The van der Waals surface area contributed by atoms with E-state index in [9.17, 15) is 14.4 Å².